The van der Waals surface area contributed by atoms with E-state index in [1.165, 1.54) is 30.6 Å². The van der Waals surface area contributed by atoms with Crippen LogP contribution in [0, 0.1) is 11.8 Å². The highest BCUT2D eigenvalue weighted by Crippen LogP contribution is 2.36. The van der Waals surface area contributed by atoms with Crippen molar-refractivity contribution in [3.05, 3.63) is 22.4 Å². The van der Waals surface area contributed by atoms with Crippen LogP contribution < -0.4 is 5.73 Å². The van der Waals surface area contributed by atoms with Crippen molar-refractivity contribution in [2.75, 3.05) is 0 Å². The van der Waals surface area contributed by atoms with E-state index in [1.54, 1.807) is 11.3 Å². The number of nitrogens with two attached hydrogens (primary N) is 1. The van der Waals surface area contributed by atoms with Crippen LogP contribution in [-0.4, -0.2) is 0 Å². The first-order valence-corrected chi connectivity index (χ1v) is 6.44. The molecule has 0 spiro atoms. The predicted octanol–water partition coefficient (Wildman–Crippen LogP) is 3.57. The van der Waals surface area contributed by atoms with Crippen LogP contribution in [0.5, 0.6) is 0 Å². The van der Waals surface area contributed by atoms with Gasteiger partial charge >= 0.3 is 0 Å². The third kappa shape index (κ3) is 2.18. The number of hydrogen-bond acceptors (Lipinski definition) is 2. The van der Waals surface area contributed by atoms with Crippen LogP contribution in [0.25, 0.3) is 0 Å². The van der Waals surface area contributed by atoms with Crippen molar-refractivity contribution in [2.24, 2.45) is 17.6 Å². The molecule has 0 aliphatic heterocycles. The highest BCUT2D eigenvalue weighted by atomic mass is 32.1. The highest BCUT2D eigenvalue weighted by molar-refractivity contribution is 7.10. The molecule has 1 nitrogen and oxygen atoms in total. The molecule has 78 valence electrons. The Morgan fingerprint density at radius 3 is 2.64 bits per heavy atom. The van der Waals surface area contributed by atoms with Crippen molar-refractivity contribution in [2.45, 2.75) is 38.6 Å². The minimum atomic E-state index is 0.294. The van der Waals surface area contributed by atoms with Crippen LogP contribution in [0.15, 0.2) is 17.5 Å². The molecule has 2 rings (SSSR count). The lowest BCUT2D eigenvalue weighted by molar-refractivity contribution is 0.258. The largest absolute Gasteiger partial charge is 0.323 e. The maximum absolute atomic E-state index is 6.27. The van der Waals surface area contributed by atoms with Crippen molar-refractivity contribution in [3.63, 3.8) is 0 Å². The van der Waals surface area contributed by atoms with Gasteiger partial charge in [-0.25, -0.2) is 0 Å². The molecular weight excluding hydrogens is 190 g/mol. The first-order valence-electron chi connectivity index (χ1n) is 5.56. The molecule has 1 atom stereocenters. The Morgan fingerprint density at radius 2 is 2.07 bits per heavy atom. The Bertz CT molecular complexity index is 260. The predicted molar refractivity (Wildman–Crippen MR) is 62.4 cm³/mol. The molecule has 0 bridgehead atoms. The Kier molecular flexibility index (Phi) is 3.24. The second-order valence-electron chi connectivity index (χ2n) is 4.56. The van der Waals surface area contributed by atoms with E-state index in [2.05, 4.69) is 24.4 Å². The fourth-order valence-corrected chi connectivity index (χ4v) is 3.18. The SMILES string of the molecule is CC1CCC([C@H](N)c2cccs2)CC1. The van der Waals surface area contributed by atoms with Crippen LogP contribution in [0.3, 0.4) is 0 Å². The van der Waals surface area contributed by atoms with Crippen molar-refractivity contribution >= 4 is 11.3 Å². The normalized spacial score (nSPS) is 30.1. The summed E-state index contributed by atoms with van der Waals surface area (Å²) in [5.41, 5.74) is 6.27. The average molecular weight is 209 g/mol. The van der Waals surface area contributed by atoms with Crippen molar-refractivity contribution in [3.8, 4) is 0 Å². The van der Waals surface area contributed by atoms with E-state index >= 15 is 0 Å². The van der Waals surface area contributed by atoms with Gasteiger partial charge in [-0.05, 0) is 36.1 Å². The summed E-state index contributed by atoms with van der Waals surface area (Å²) in [7, 11) is 0. The molecule has 0 unspecified atom stereocenters. The van der Waals surface area contributed by atoms with Gasteiger partial charge in [-0.1, -0.05) is 25.8 Å². The summed E-state index contributed by atoms with van der Waals surface area (Å²) in [4.78, 5) is 1.37. The van der Waals surface area contributed by atoms with Gasteiger partial charge in [0, 0.05) is 10.9 Å². The highest BCUT2D eigenvalue weighted by Gasteiger charge is 2.24. The van der Waals surface area contributed by atoms with Gasteiger partial charge in [0.1, 0.15) is 0 Å². The summed E-state index contributed by atoms with van der Waals surface area (Å²) in [6, 6.07) is 4.57. The van der Waals surface area contributed by atoms with Gasteiger partial charge in [0.2, 0.25) is 0 Å². The minimum absolute atomic E-state index is 0.294. The zero-order chi connectivity index (χ0) is 9.97. The minimum Gasteiger partial charge on any atom is -0.323 e. The van der Waals surface area contributed by atoms with Crippen molar-refractivity contribution in [1.29, 1.82) is 0 Å². The lowest BCUT2D eigenvalue weighted by Gasteiger charge is -2.30. The van der Waals surface area contributed by atoms with Gasteiger partial charge in [0.25, 0.3) is 0 Å². The van der Waals surface area contributed by atoms with Crippen LogP contribution in [0.2, 0.25) is 0 Å². The van der Waals surface area contributed by atoms with Gasteiger partial charge < -0.3 is 5.73 Å². The van der Waals surface area contributed by atoms with E-state index < -0.39 is 0 Å². The third-order valence-electron chi connectivity index (χ3n) is 3.44. The molecule has 1 aliphatic rings. The summed E-state index contributed by atoms with van der Waals surface area (Å²) >= 11 is 1.80. The Hall–Kier alpha value is -0.340. The quantitative estimate of drug-likeness (QED) is 0.791. The lowest BCUT2D eigenvalue weighted by atomic mass is 9.79. The molecule has 2 N–H and O–H groups in total. The lowest BCUT2D eigenvalue weighted by Crippen LogP contribution is -2.24. The first-order chi connectivity index (χ1) is 6.77. The van der Waals surface area contributed by atoms with Crippen LogP contribution in [-0.2, 0) is 0 Å². The van der Waals surface area contributed by atoms with E-state index in [4.69, 9.17) is 5.73 Å². The molecule has 1 fully saturated rings. The zero-order valence-electron chi connectivity index (χ0n) is 8.78. The van der Waals surface area contributed by atoms with E-state index in [0.29, 0.717) is 6.04 Å². The second-order valence-corrected chi connectivity index (χ2v) is 5.54. The summed E-state index contributed by atoms with van der Waals surface area (Å²) in [5, 5.41) is 2.13. The van der Waals surface area contributed by atoms with Gasteiger partial charge in [0.05, 0.1) is 0 Å². The molecule has 0 saturated heterocycles. The summed E-state index contributed by atoms with van der Waals surface area (Å²) in [6.07, 6.45) is 5.37. The monoisotopic (exact) mass is 209 g/mol. The average Bonchev–Trinajstić information content (AvgIpc) is 2.71. The van der Waals surface area contributed by atoms with Gasteiger partial charge in [-0.15, -0.1) is 11.3 Å². The number of thiophene rings is 1. The third-order valence-corrected chi connectivity index (χ3v) is 4.41. The van der Waals surface area contributed by atoms with Gasteiger partial charge in [0.15, 0.2) is 0 Å². The molecule has 0 aromatic carbocycles. The topological polar surface area (TPSA) is 26.0 Å². The maximum Gasteiger partial charge on any atom is 0.0418 e. The van der Waals surface area contributed by atoms with Crippen molar-refractivity contribution < 1.29 is 0 Å². The molecule has 2 heteroatoms. The summed E-state index contributed by atoms with van der Waals surface area (Å²) < 4.78 is 0. The smallest absolute Gasteiger partial charge is 0.0418 e. The molecule has 1 saturated carbocycles. The second kappa shape index (κ2) is 4.45. The van der Waals surface area contributed by atoms with Crippen LogP contribution in [0.1, 0.15) is 43.5 Å². The summed E-state index contributed by atoms with van der Waals surface area (Å²) in [6.45, 7) is 2.35. The van der Waals surface area contributed by atoms with E-state index in [-0.39, 0.29) is 0 Å². The molecular formula is C12H19NS. The molecule has 14 heavy (non-hydrogen) atoms. The molecule has 1 aliphatic carbocycles. The van der Waals surface area contributed by atoms with Crippen LogP contribution in [0.4, 0.5) is 0 Å². The molecule has 1 heterocycles. The van der Waals surface area contributed by atoms with Crippen molar-refractivity contribution in [1.82, 2.24) is 0 Å². The summed E-state index contributed by atoms with van der Waals surface area (Å²) in [5.74, 6) is 1.65. The van der Waals surface area contributed by atoms with E-state index in [9.17, 15) is 0 Å². The molecule has 0 amide bonds. The zero-order valence-corrected chi connectivity index (χ0v) is 9.59. The Labute approximate surface area is 90.3 Å². The molecule has 0 radical (unpaired) electrons. The van der Waals surface area contributed by atoms with Crippen LogP contribution >= 0.6 is 11.3 Å². The standard InChI is InChI=1S/C12H19NS/c1-9-4-6-10(7-5-9)12(13)11-3-2-8-14-11/h2-3,8-10,12H,4-7,13H2,1H3/t9?,10?,12-/m0/s1. The van der Waals surface area contributed by atoms with E-state index in [0.717, 1.165) is 11.8 Å². The molecule has 1 aromatic heterocycles. The van der Waals surface area contributed by atoms with Gasteiger partial charge in [-0.3, -0.25) is 0 Å². The Balaban J connectivity index is 1.95. The first kappa shape index (κ1) is 10.2. The Morgan fingerprint density at radius 1 is 1.36 bits per heavy atom. The fourth-order valence-electron chi connectivity index (χ4n) is 2.36. The maximum atomic E-state index is 6.27. The number of hydrogen-bond donors (Lipinski definition) is 1. The number of rotatable bonds is 2. The van der Waals surface area contributed by atoms with Gasteiger partial charge in [-0.2, -0.15) is 0 Å². The fraction of sp³-hybridized carbons (Fsp3) is 0.667. The molecule has 1 aromatic rings. The van der Waals surface area contributed by atoms with E-state index in [1.807, 2.05) is 0 Å².